The molecule has 104 valence electrons. The Kier molecular flexibility index (Phi) is 3.05. The Morgan fingerprint density at radius 2 is 1.83 bits per heavy atom. The van der Waals surface area contributed by atoms with Gasteiger partial charge in [0.15, 0.2) is 12.3 Å². The lowest BCUT2D eigenvalue weighted by Crippen LogP contribution is -2.52. The molecule has 2 rings (SSSR count). The van der Waals surface area contributed by atoms with Gasteiger partial charge in [0.1, 0.15) is 12.1 Å². The van der Waals surface area contributed by atoms with Gasteiger partial charge < -0.3 is 10.1 Å². The van der Waals surface area contributed by atoms with Gasteiger partial charge >= 0.3 is 6.18 Å². The maximum Gasteiger partial charge on any atom is 0.409 e. The first kappa shape index (κ1) is 13.5. The topological polar surface area (TPSA) is 35.5 Å². The molecule has 0 saturated heterocycles. The molecule has 0 aromatic heterocycles. The summed E-state index contributed by atoms with van der Waals surface area (Å²) in [6, 6.07) is -2.72. The van der Waals surface area contributed by atoms with Crippen LogP contribution in [0.25, 0.3) is 0 Å². The molecule has 2 aliphatic rings. The Labute approximate surface area is 100 Å². The van der Waals surface area contributed by atoms with Crippen molar-refractivity contribution in [1.82, 2.24) is 10.4 Å². The van der Waals surface area contributed by atoms with Gasteiger partial charge in [-0.1, -0.05) is 0 Å². The molecule has 0 aromatic rings. The Morgan fingerprint density at radius 3 is 2.28 bits per heavy atom. The molecule has 1 aliphatic heterocycles. The fourth-order valence-electron chi connectivity index (χ4n) is 2.34. The van der Waals surface area contributed by atoms with Crippen LogP contribution in [0, 0.1) is 0 Å². The second-order valence-electron chi connectivity index (χ2n) is 4.70. The molecular formula is C10H13F5N2O. The van der Waals surface area contributed by atoms with Crippen LogP contribution in [0.4, 0.5) is 22.0 Å². The van der Waals surface area contributed by atoms with Crippen LogP contribution in [-0.4, -0.2) is 46.8 Å². The minimum Gasteiger partial charge on any atom is -0.385 e. The highest BCUT2D eigenvalue weighted by atomic mass is 19.4. The third kappa shape index (κ3) is 1.78. The maximum atomic E-state index is 13.7. The Hall–Kier alpha value is -0.890. The predicted molar refractivity (Wildman–Crippen MR) is 52.8 cm³/mol. The number of aliphatic hydroxyl groups excluding tert-OH is 1. The summed E-state index contributed by atoms with van der Waals surface area (Å²) >= 11 is 0. The van der Waals surface area contributed by atoms with E-state index in [4.69, 9.17) is 0 Å². The molecule has 0 fully saturated rings. The third-order valence-electron chi connectivity index (χ3n) is 3.14. The van der Waals surface area contributed by atoms with Gasteiger partial charge in [0, 0.05) is 11.6 Å². The van der Waals surface area contributed by atoms with E-state index < -0.39 is 48.0 Å². The number of hydrogen-bond acceptors (Lipinski definition) is 3. The highest BCUT2D eigenvalue weighted by molar-refractivity contribution is 5.39. The van der Waals surface area contributed by atoms with Crippen molar-refractivity contribution in [3.05, 3.63) is 11.3 Å². The first-order valence-electron chi connectivity index (χ1n) is 5.48. The summed E-state index contributed by atoms with van der Waals surface area (Å²) in [7, 11) is 0. The molecular weight excluding hydrogens is 259 g/mol. The van der Waals surface area contributed by atoms with Crippen molar-refractivity contribution in [2.75, 3.05) is 0 Å². The predicted octanol–water partition coefficient (Wildman–Crippen LogP) is 1.45. The number of halogens is 5. The summed E-state index contributed by atoms with van der Waals surface area (Å²) in [6.07, 6.45) is -11.4. The van der Waals surface area contributed by atoms with Crippen LogP contribution in [-0.2, 0) is 0 Å². The summed E-state index contributed by atoms with van der Waals surface area (Å²) in [4.78, 5) is 0. The number of allylic oxidation sites excluding steroid dienone is 1. The van der Waals surface area contributed by atoms with Crippen molar-refractivity contribution in [1.29, 1.82) is 0 Å². The average molecular weight is 272 g/mol. The van der Waals surface area contributed by atoms with E-state index in [0.717, 1.165) is 5.01 Å². The van der Waals surface area contributed by atoms with Gasteiger partial charge in [-0.05, 0) is 13.8 Å². The van der Waals surface area contributed by atoms with E-state index in [9.17, 15) is 27.1 Å². The van der Waals surface area contributed by atoms with Crippen LogP contribution >= 0.6 is 0 Å². The number of aliphatic hydroxyl groups is 1. The van der Waals surface area contributed by atoms with Gasteiger partial charge in [-0.2, -0.15) is 13.2 Å². The van der Waals surface area contributed by atoms with Crippen molar-refractivity contribution >= 4 is 0 Å². The third-order valence-corrected chi connectivity index (χ3v) is 3.14. The smallest absolute Gasteiger partial charge is 0.385 e. The summed E-state index contributed by atoms with van der Waals surface area (Å²) in [6.45, 7) is 3.09. The van der Waals surface area contributed by atoms with Gasteiger partial charge in [0.2, 0.25) is 0 Å². The van der Waals surface area contributed by atoms with E-state index in [1.807, 2.05) is 0 Å². The highest BCUT2D eigenvalue weighted by Gasteiger charge is 2.58. The van der Waals surface area contributed by atoms with E-state index >= 15 is 0 Å². The molecule has 0 bridgehead atoms. The summed E-state index contributed by atoms with van der Waals surface area (Å²) in [5.74, 6) is 0. The van der Waals surface area contributed by atoms with Crippen molar-refractivity contribution in [3.8, 4) is 0 Å². The molecule has 0 amide bonds. The van der Waals surface area contributed by atoms with E-state index in [2.05, 4.69) is 5.43 Å². The Morgan fingerprint density at radius 1 is 1.28 bits per heavy atom. The second kappa shape index (κ2) is 4.06. The molecule has 4 atom stereocenters. The van der Waals surface area contributed by atoms with E-state index in [0.29, 0.717) is 0 Å². The summed E-state index contributed by atoms with van der Waals surface area (Å²) in [5.41, 5.74) is 1.02. The molecule has 0 spiro atoms. The number of alkyl halides is 5. The SMILES string of the molecule is CC(C)N1NC(C(F)(F)F)C2=C1C(F)C(F)C2O. The standard InChI is InChI=1S/C10H13F5N2O/c1-3(2)17-7-4(8(18)6(12)5(7)11)9(16-17)10(13,14)15/h3,5-6,8-9,16,18H,1-2H3. The van der Waals surface area contributed by atoms with E-state index in [-0.39, 0.29) is 0 Å². The normalized spacial score (nSPS) is 36.8. The maximum absolute atomic E-state index is 13.7. The number of rotatable bonds is 1. The zero-order valence-corrected chi connectivity index (χ0v) is 9.67. The molecule has 0 radical (unpaired) electrons. The Bertz CT molecular complexity index is 381. The average Bonchev–Trinajstić information content (AvgIpc) is 2.72. The molecule has 4 unspecified atom stereocenters. The molecule has 18 heavy (non-hydrogen) atoms. The van der Waals surface area contributed by atoms with Crippen molar-refractivity contribution < 1.29 is 27.1 Å². The molecule has 0 saturated carbocycles. The van der Waals surface area contributed by atoms with Gasteiger partial charge in [-0.25, -0.2) is 14.2 Å². The first-order chi connectivity index (χ1) is 8.16. The van der Waals surface area contributed by atoms with Crippen molar-refractivity contribution in [2.24, 2.45) is 0 Å². The number of nitrogens with zero attached hydrogens (tertiary/aromatic N) is 1. The van der Waals surface area contributed by atoms with Crippen LogP contribution in [0.15, 0.2) is 11.3 Å². The fourth-order valence-corrected chi connectivity index (χ4v) is 2.34. The number of hydrazine groups is 1. The fraction of sp³-hybridized carbons (Fsp3) is 0.800. The van der Waals surface area contributed by atoms with Gasteiger partial charge in [0.25, 0.3) is 0 Å². The zero-order chi connectivity index (χ0) is 13.8. The molecule has 8 heteroatoms. The molecule has 0 aromatic carbocycles. The van der Waals surface area contributed by atoms with Crippen molar-refractivity contribution in [2.45, 2.75) is 50.6 Å². The molecule has 1 aliphatic carbocycles. The van der Waals surface area contributed by atoms with Crippen LogP contribution in [0.3, 0.4) is 0 Å². The lowest BCUT2D eigenvalue weighted by Gasteiger charge is -2.30. The number of nitrogens with one attached hydrogen (secondary N) is 1. The highest BCUT2D eigenvalue weighted by Crippen LogP contribution is 2.44. The second-order valence-corrected chi connectivity index (χ2v) is 4.70. The van der Waals surface area contributed by atoms with Gasteiger partial charge in [-0.15, -0.1) is 0 Å². The molecule has 1 heterocycles. The monoisotopic (exact) mass is 272 g/mol. The minimum atomic E-state index is -4.71. The van der Waals surface area contributed by atoms with Gasteiger partial charge in [0.05, 0.1) is 5.70 Å². The summed E-state index contributed by atoms with van der Waals surface area (Å²) < 4.78 is 65.3. The number of hydrogen-bond donors (Lipinski definition) is 2. The van der Waals surface area contributed by atoms with Crippen LogP contribution in [0.5, 0.6) is 0 Å². The van der Waals surface area contributed by atoms with Crippen LogP contribution < -0.4 is 5.43 Å². The quantitative estimate of drug-likeness (QED) is 0.709. The van der Waals surface area contributed by atoms with Crippen LogP contribution in [0.2, 0.25) is 0 Å². The molecule has 3 nitrogen and oxygen atoms in total. The minimum absolute atomic E-state index is 0.424. The van der Waals surface area contributed by atoms with Crippen molar-refractivity contribution in [3.63, 3.8) is 0 Å². The lowest BCUT2D eigenvalue weighted by atomic mass is 10.0. The van der Waals surface area contributed by atoms with E-state index in [1.54, 1.807) is 13.8 Å². The lowest BCUT2D eigenvalue weighted by molar-refractivity contribution is -0.157. The van der Waals surface area contributed by atoms with Crippen LogP contribution in [0.1, 0.15) is 13.8 Å². The molecule has 2 N–H and O–H groups in total. The summed E-state index contributed by atoms with van der Waals surface area (Å²) in [5, 5.41) is 10.4. The van der Waals surface area contributed by atoms with Gasteiger partial charge in [-0.3, -0.25) is 0 Å². The Balaban J connectivity index is 2.44. The zero-order valence-electron chi connectivity index (χ0n) is 9.67. The van der Waals surface area contributed by atoms with E-state index in [1.165, 1.54) is 0 Å². The first-order valence-corrected chi connectivity index (χ1v) is 5.48. The largest absolute Gasteiger partial charge is 0.409 e.